The Kier molecular flexibility index (Phi) is 9.65. The topological polar surface area (TPSA) is 156 Å². The fraction of sp³-hybridized carbons (Fsp3) is 0.212. The second-order valence-corrected chi connectivity index (χ2v) is 14.3. The zero-order valence-electron chi connectivity index (χ0n) is 25.0. The first kappa shape index (κ1) is 33.2. The standard InChI is InChI=1S/C33H29FN4O5S2/c1-18-14-19(16-35)6-8-21(18)27-26(45-32(2,3)30(40)41)11-13-38-29(27)43-31(42)33(4,5)44-25-10-12-37-17-23(25)22-9-7-20(28(36)39)15-24(22)34/h6-15,17H,1-5H3,(H2,36,39)(H,40,41). The SMILES string of the molecule is Cc1cc(C#N)ccc1-c1c(SC(C)(C)C(=O)O)ccnc1OC(=O)C(C)(C)Sc1ccncc1-c1ccc(C(N)=O)cc1F. The number of carboxylic acid groups (broad SMARTS) is 1. The van der Waals surface area contributed by atoms with Crippen molar-refractivity contribution in [1.82, 2.24) is 9.97 Å². The smallest absolute Gasteiger partial charge is 0.328 e. The number of nitrogens with two attached hydrogens (primary N) is 1. The van der Waals surface area contributed by atoms with Gasteiger partial charge in [0.25, 0.3) is 0 Å². The molecular weight excluding hydrogens is 616 g/mol. The van der Waals surface area contributed by atoms with Gasteiger partial charge in [0.05, 0.1) is 17.2 Å². The molecule has 0 atom stereocenters. The highest BCUT2D eigenvalue weighted by atomic mass is 32.2. The number of pyridine rings is 2. The number of ether oxygens (including phenoxy) is 1. The molecule has 2 aromatic heterocycles. The van der Waals surface area contributed by atoms with Crippen molar-refractivity contribution in [1.29, 1.82) is 5.26 Å². The Morgan fingerprint density at radius 1 is 0.933 bits per heavy atom. The minimum absolute atomic E-state index is 0.0196. The number of hydrogen-bond donors (Lipinski definition) is 2. The molecule has 0 spiro atoms. The zero-order valence-corrected chi connectivity index (χ0v) is 26.7. The molecule has 0 aliphatic rings. The van der Waals surface area contributed by atoms with Crippen LogP contribution in [0.1, 0.15) is 49.2 Å². The number of aliphatic carboxylic acids is 1. The van der Waals surface area contributed by atoms with E-state index in [1.807, 2.05) is 0 Å². The largest absolute Gasteiger partial charge is 0.480 e. The van der Waals surface area contributed by atoms with Crippen LogP contribution in [-0.4, -0.2) is 42.4 Å². The molecule has 45 heavy (non-hydrogen) atoms. The molecule has 0 aliphatic carbocycles. The number of amides is 1. The summed E-state index contributed by atoms with van der Waals surface area (Å²) in [7, 11) is 0. The monoisotopic (exact) mass is 644 g/mol. The van der Waals surface area contributed by atoms with Crippen molar-refractivity contribution in [2.45, 2.75) is 53.9 Å². The van der Waals surface area contributed by atoms with Crippen LogP contribution in [0.3, 0.4) is 0 Å². The summed E-state index contributed by atoms with van der Waals surface area (Å²) in [6.45, 7) is 8.23. The maximum absolute atomic E-state index is 15.0. The Bertz CT molecular complexity index is 1870. The lowest BCUT2D eigenvalue weighted by atomic mass is 9.99. The molecule has 3 N–H and O–H groups in total. The summed E-state index contributed by atoms with van der Waals surface area (Å²) in [6, 6.07) is 14.3. The lowest BCUT2D eigenvalue weighted by Crippen LogP contribution is -2.33. The maximum Gasteiger partial charge on any atom is 0.328 e. The van der Waals surface area contributed by atoms with Crippen LogP contribution in [0.5, 0.6) is 5.88 Å². The maximum atomic E-state index is 15.0. The van der Waals surface area contributed by atoms with Gasteiger partial charge < -0.3 is 15.6 Å². The van der Waals surface area contributed by atoms with Gasteiger partial charge in [0.1, 0.15) is 15.3 Å². The van der Waals surface area contributed by atoms with E-state index < -0.39 is 33.2 Å². The highest BCUT2D eigenvalue weighted by molar-refractivity contribution is 8.01. The molecule has 0 aliphatic heterocycles. The van der Waals surface area contributed by atoms with Gasteiger partial charge in [-0.3, -0.25) is 19.4 Å². The number of thioether (sulfide) groups is 2. The Balaban J connectivity index is 1.73. The summed E-state index contributed by atoms with van der Waals surface area (Å²) in [5.74, 6) is -3.16. The molecule has 4 rings (SSSR count). The van der Waals surface area contributed by atoms with Crippen molar-refractivity contribution >= 4 is 41.4 Å². The number of benzene rings is 2. The van der Waals surface area contributed by atoms with Crippen molar-refractivity contribution in [3.8, 4) is 34.2 Å². The Labute approximate surface area is 268 Å². The number of halogens is 1. The Morgan fingerprint density at radius 2 is 1.60 bits per heavy atom. The van der Waals surface area contributed by atoms with Crippen LogP contribution in [0.15, 0.2) is 76.9 Å². The van der Waals surface area contributed by atoms with Crippen LogP contribution in [0, 0.1) is 24.1 Å². The molecule has 12 heteroatoms. The quantitative estimate of drug-likeness (QED) is 0.141. The molecule has 2 aromatic carbocycles. The third-order valence-electron chi connectivity index (χ3n) is 6.75. The third-order valence-corrected chi connectivity index (χ3v) is 9.25. The van der Waals surface area contributed by atoms with E-state index >= 15 is 4.39 Å². The number of hydrogen-bond acceptors (Lipinski definition) is 9. The molecule has 1 amide bonds. The molecule has 0 fully saturated rings. The molecule has 9 nitrogen and oxygen atoms in total. The van der Waals surface area contributed by atoms with Crippen LogP contribution >= 0.6 is 23.5 Å². The normalized spacial score (nSPS) is 11.5. The van der Waals surface area contributed by atoms with E-state index in [-0.39, 0.29) is 17.0 Å². The summed E-state index contributed by atoms with van der Waals surface area (Å²) < 4.78 is 18.5. The van der Waals surface area contributed by atoms with Crippen molar-refractivity contribution in [3.05, 3.63) is 89.6 Å². The van der Waals surface area contributed by atoms with Gasteiger partial charge in [0, 0.05) is 45.1 Å². The highest BCUT2D eigenvalue weighted by Crippen LogP contribution is 2.45. The number of nitriles is 1. The predicted molar refractivity (Wildman–Crippen MR) is 170 cm³/mol. The van der Waals surface area contributed by atoms with Gasteiger partial charge in [-0.1, -0.05) is 12.1 Å². The molecule has 0 saturated heterocycles. The molecule has 0 bridgehead atoms. The van der Waals surface area contributed by atoms with Crippen LogP contribution < -0.4 is 10.5 Å². The first-order valence-electron chi connectivity index (χ1n) is 13.5. The average Bonchev–Trinajstić information content (AvgIpc) is 2.97. The van der Waals surface area contributed by atoms with Gasteiger partial charge in [0.2, 0.25) is 11.8 Å². The van der Waals surface area contributed by atoms with Crippen LogP contribution in [0.4, 0.5) is 4.39 Å². The third kappa shape index (κ3) is 7.33. The number of aryl methyl sites for hydroxylation is 1. The fourth-order valence-electron chi connectivity index (χ4n) is 4.26. The number of esters is 1. The summed E-state index contributed by atoms with van der Waals surface area (Å²) in [6.07, 6.45) is 4.41. The predicted octanol–water partition coefficient (Wildman–Crippen LogP) is 6.66. The molecule has 0 saturated carbocycles. The molecule has 4 aromatic rings. The van der Waals surface area contributed by atoms with Gasteiger partial charge in [-0.25, -0.2) is 9.37 Å². The average molecular weight is 645 g/mol. The molecule has 2 heterocycles. The molecule has 0 unspecified atom stereocenters. The lowest BCUT2D eigenvalue weighted by molar-refractivity contribution is -0.139. The second kappa shape index (κ2) is 13.1. The summed E-state index contributed by atoms with van der Waals surface area (Å²) in [4.78, 5) is 46.8. The van der Waals surface area contributed by atoms with E-state index in [1.54, 1.807) is 65.0 Å². The van der Waals surface area contributed by atoms with E-state index in [0.29, 0.717) is 37.6 Å². The molecule has 230 valence electrons. The van der Waals surface area contributed by atoms with E-state index in [2.05, 4.69) is 16.0 Å². The first-order chi connectivity index (χ1) is 21.1. The summed E-state index contributed by atoms with van der Waals surface area (Å²) >= 11 is 2.20. The van der Waals surface area contributed by atoms with Crippen molar-refractivity contribution in [2.24, 2.45) is 5.73 Å². The van der Waals surface area contributed by atoms with Gasteiger partial charge in [-0.05, 0) is 82.1 Å². The van der Waals surface area contributed by atoms with Gasteiger partial charge >= 0.3 is 11.9 Å². The van der Waals surface area contributed by atoms with Gasteiger partial charge in [-0.15, -0.1) is 23.5 Å². The van der Waals surface area contributed by atoms with Crippen molar-refractivity contribution in [2.75, 3.05) is 0 Å². The summed E-state index contributed by atoms with van der Waals surface area (Å²) in [5, 5.41) is 19.2. The number of rotatable bonds is 10. The second-order valence-electron chi connectivity index (χ2n) is 11.0. The van der Waals surface area contributed by atoms with Gasteiger partial charge in [0.15, 0.2) is 0 Å². The Morgan fingerprint density at radius 3 is 2.22 bits per heavy atom. The minimum Gasteiger partial charge on any atom is -0.480 e. The number of aromatic nitrogens is 2. The van der Waals surface area contributed by atoms with E-state index in [4.69, 9.17) is 10.5 Å². The number of nitrogens with zero attached hydrogens (tertiary/aromatic N) is 3. The fourth-order valence-corrected chi connectivity index (χ4v) is 6.40. The number of primary amides is 1. The van der Waals surface area contributed by atoms with E-state index in [9.17, 15) is 24.8 Å². The lowest BCUT2D eigenvalue weighted by Gasteiger charge is -2.25. The summed E-state index contributed by atoms with van der Waals surface area (Å²) in [5.41, 5.74) is 8.04. The number of carbonyl (C=O) groups is 3. The number of carbonyl (C=O) groups excluding carboxylic acids is 2. The number of carboxylic acids is 1. The Hall–Kier alpha value is -4.73. The molecule has 0 radical (unpaired) electrons. The first-order valence-corrected chi connectivity index (χ1v) is 15.2. The van der Waals surface area contributed by atoms with Crippen LogP contribution in [0.25, 0.3) is 22.3 Å². The minimum atomic E-state index is -1.23. The van der Waals surface area contributed by atoms with Crippen LogP contribution in [-0.2, 0) is 9.59 Å². The molecular formula is C33H29FN4O5S2. The van der Waals surface area contributed by atoms with Crippen molar-refractivity contribution in [3.63, 3.8) is 0 Å². The zero-order chi connectivity index (χ0) is 33.1. The van der Waals surface area contributed by atoms with Crippen LogP contribution in [0.2, 0.25) is 0 Å². The highest BCUT2D eigenvalue weighted by Gasteiger charge is 2.35. The van der Waals surface area contributed by atoms with E-state index in [1.165, 1.54) is 30.7 Å². The van der Waals surface area contributed by atoms with Crippen molar-refractivity contribution < 1.29 is 28.6 Å². The van der Waals surface area contributed by atoms with Gasteiger partial charge in [-0.2, -0.15) is 5.26 Å². The van der Waals surface area contributed by atoms with E-state index in [0.717, 1.165) is 29.6 Å².